The Morgan fingerprint density at radius 2 is 0.704 bits per heavy atom. The first-order valence-electron chi connectivity index (χ1n) is 9.52. The third-order valence-electron chi connectivity index (χ3n) is 3.14. The highest BCUT2D eigenvalue weighted by Crippen LogP contribution is 1.86. The molecule has 27 heavy (non-hydrogen) atoms. The third kappa shape index (κ3) is 26.4. The number of ether oxygens (including phenoxy) is 7. The molecule has 0 unspecified atom stereocenters. The van der Waals surface area contributed by atoms with Gasteiger partial charge in [0, 0.05) is 11.0 Å². The monoisotopic (exact) mass is 507 g/mol. The van der Waals surface area contributed by atoms with Crippen LogP contribution >= 0.6 is 22.6 Å². The Labute approximate surface area is 178 Å². The van der Waals surface area contributed by atoms with E-state index in [1.807, 2.05) is 14.1 Å². The summed E-state index contributed by atoms with van der Waals surface area (Å²) in [4.78, 5) is 2.09. The number of likely N-dealkylation sites (N-methyl/N-ethyl adjacent to an activating group) is 1. The molecule has 0 saturated carbocycles. The van der Waals surface area contributed by atoms with Crippen molar-refractivity contribution in [2.24, 2.45) is 0 Å². The molecule has 0 radical (unpaired) electrons. The molecule has 0 aromatic heterocycles. The van der Waals surface area contributed by atoms with Gasteiger partial charge in [-0.25, -0.2) is 0 Å². The summed E-state index contributed by atoms with van der Waals surface area (Å²) in [7, 11) is 4.05. The lowest BCUT2D eigenvalue weighted by Gasteiger charge is -2.10. The minimum Gasteiger partial charge on any atom is -0.378 e. The number of alkyl halides is 1. The second-order valence-electron chi connectivity index (χ2n) is 5.78. The summed E-state index contributed by atoms with van der Waals surface area (Å²) in [6.45, 7) is 9.43. The first kappa shape index (κ1) is 27.4. The molecule has 0 N–H and O–H groups in total. The molecular formula is C18H38INO7. The molecule has 0 atom stereocenters. The SMILES string of the molecule is CN(C)CCOCCOCCOCCOCCOCCOCCOCCI. The fraction of sp³-hybridized carbons (Fsp3) is 1.00. The van der Waals surface area contributed by atoms with E-state index in [9.17, 15) is 0 Å². The van der Waals surface area contributed by atoms with Crippen molar-refractivity contribution in [1.82, 2.24) is 4.90 Å². The first-order chi connectivity index (χ1) is 13.3. The highest BCUT2D eigenvalue weighted by atomic mass is 127. The molecule has 0 heterocycles. The van der Waals surface area contributed by atoms with Crippen LogP contribution in [-0.4, -0.2) is 122 Å². The van der Waals surface area contributed by atoms with Crippen molar-refractivity contribution in [3.05, 3.63) is 0 Å². The van der Waals surface area contributed by atoms with Crippen molar-refractivity contribution in [3.63, 3.8) is 0 Å². The number of hydrogen-bond acceptors (Lipinski definition) is 8. The zero-order valence-corrected chi connectivity index (χ0v) is 19.2. The van der Waals surface area contributed by atoms with Crippen LogP contribution in [0.15, 0.2) is 0 Å². The lowest BCUT2D eigenvalue weighted by atomic mass is 10.6. The lowest BCUT2D eigenvalue weighted by Crippen LogP contribution is -2.19. The van der Waals surface area contributed by atoms with Crippen molar-refractivity contribution in [2.75, 3.05) is 118 Å². The van der Waals surface area contributed by atoms with Gasteiger partial charge in [-0.2, -0.15) is 0 Å². The summed E-state index contributed by atoms with van der Waals surface area (Å²) in [5.41, 5.74) is 0. The van der Waals surface area contributed by atoms with Crippen LogP contribution < -0.4 is 0 Å². The molecule has 0 fully saturated rings. The van der Waals surface area contributed by atoms with Crippen molar-refractivity contribution in [3.8, 4) is 0 Å². The van der Waals surface area contributed by atoms with Gasteiger partial charge in [0.2, 0.25) is 0 Å². The molecule has 0 aromatic rings. The number of nitrogens with zero attached hydrogens (tertiary/aromatic N) is 1. The Morgan fingerprint density at radius 3 is 0.963 bits per heavy atom. The van der Waals surface area contributed by atoms with Crippen molar-refractivity contribution < 1.29 is 33.2 Å². The van der Waals surface area contributed by atoms with Crippen LogP contribution in [0.3, 0.4) is 0 Å². The smallest absolute Gasteiger partial charge is 0.0701 e. The normalized spacial score (nSPS) is 11.6. The van der Waals surface area contributed by atoms with Crippen molar-refractivity contribution >= 4 is 22.6 Å². The van der Waals surface area contributed by atoms with Crippen LogP contribution in [0.1, 0.15) is 0 Å². The summed E-state index contributed by atoms with van der Waals surface area (Å²) in [6, 6.07) is 0. The van der Waals surface area contributed by atoms with Crippen LogP contribution in [0.25, 0.3) is 0 Å². The van der Waals surface area contributed by atoms with Gasteiger partial charge in [-0.05, 0) is 14.1 Å². The highest BCUT2D eigenvalue weighted by molar-refractivity contribution is 14.1. The quantitative estimate of drug-likeness (QED) is 0.116. The van der Waals surface area contributed by atoms with Crippen LogP contribution in [0.5, 0.6) is 0 Å². The van der Waals surface area contributed by atoms with Crippen LogP contribution in [0, 0.1) is 0 Å². The van der Waals surface area contributed by atoms with E-state index >= 15 is 0 Å². The molecule has 0 bridgehead atoms. The molecule has 0 rings (SSSR count). The fourth-order valence-electron chi connectivity index (χ4n) is 1.72. The molecule has 164 valence electrons. The average molecular weight is 507 g/mol. The number of halogens is 1. The Kier molecular flexibility index (Phi) is 24.8. The topological polar surface area (TPSA) is 67.9 Å². The minimum absolute atomic E-state index is 0.557. The van der Waals surface area contributed by atoms with Gasteiger partial charge in [0.05, 0.1) is 92.5 Å². The highest BCUT2D eigenvalue weighted by Gasteiger charge is 1.95. The van der Waals surface area contributed by atoms with Gasteiger partial charge in [-0.15, -0.1) is 0 Å². The summed E-state index contributed by atoms with van der Waals surface area (Å²) in [5.74, 6) is 0. The van der Waals surface area contributed by atoms with Gasteiger partial charge in [0.25, 0.3) is 0 Å². The Hall–Kier alpha value is 0.410. The van der Waals surface area contributed by atoms with Gasteiger partial charge in [-0.3, -0.25) is 0 Å². The van der Waals surface area contributed by atoms with Crippen LogP contribution in [0.4, 0.5) is 0 Å². The zero-order valence-electron chi connectivity index (χ0n) is 17.0. The zero-order chi connectivity index (χ0) is 19.8. The molecule has 0 aromatic carbocycles. The average Bonchev–Trinajstić information content (AvgIpc) is 2.65. The van der Waals surface area contributed by atoms with Gasteiger partial charge in [-0.1, -0.05) is 22.6 Å². The summed E-state index contributed by atoms with van der Waals surface area (Å²) < 4.78 is 38.8. The fourth-order valence-corrected chi connectivity index (χ4v) is 2.03. The molecule has 0 spiro atoms. The molecular weight excluding hydrogens is 469 g/mol. The van der Waals surface area contributed by atoms with E-state index in [2.05, 4.69) is 27.5 Å². The summed E-state index contributed by atoms with van der Waals surface area (Å²) >= 11 is 2.28. The van der Waals surface area contributed by atoms with E-state index in [4.69, 9.17) is 33.2 Å². The molecule has 0 amide bonds. The third-order valence-corrected chi connectivity index (χ3v) is 3.58. The van der Waals surface area contributed by atoms with E-state index in [-0.39, 0.29) is 0 Å². The first-order valence-corrected chi connectivity index (χ1v) is 11.0. The summed E-state index contributed by atoms with van der Waals surface area (Å²) in [6.07, 6.45) is 0. The van der Waals surface area contributed by atoms with E-state index in [0.29, 0.717) is 79.3 Å². The molecule has 0 aliphatic heterocycles. The molecule has 0 aliphatic rings. The molecule has 0 aliphatic carbocycles. The van der Waals surface area contributed by atoms with Gasteiger partial charge < -0.3 is 38.1 Å². The van der Waals surface area contributed by atoms with Gasteiger partial charge in [0.1, 0.15) is 0 Å². The molecule has 0 saturated heterocycles. The second kappa shape index (κ2) is 24.4. The Morgan fingerprint density at radius 1 is 0.444 bits per heavy atom. The van der Waals surface area contributed by atoms with Crippen LogP contribution in [-0.2, 0) is 33.2 Å². The van der Waals surface area contributed by atoms with Crippen molar-refractivity contribution in [1.29, 1.82) is 0 Å². The van der Waals surface area contributed by atoms with Crippen molar-refractivity contribution in [2.45, 2.75) is 0 Å². The Balaban J connectivity index is 2.97. The maximum atomic E-state index is 5.42. The standard InChI is InChI=1S/C18H38INO7/c1-20(2)4-6-22-8-10-24-12-14-26-16-18-27-17-15-25-13-11-23-9-7-21-5-3-19/h3-18H2,1-2H3. The lowest BCUT2D eigenvalue weighted by molar-refractivity contribution is -0.0203. The molecule has 9 heteroatoms. The number of rotatable bonds is 23. The van der Waals surface area contributed by atoms with E-state index in [1.54, 1.807) is 0 Å². The predicted molar refractivity (Wildman–Crippen MR) is 113 cm³/mol. The Bertz CT molecular complexity index is 276. The maximum absolute atomic E-state index is 5.42. The van der Waals surface area contributed by atoms with E-state index < -0.39 is 0 Å². The van der Waals surface area contributed by atoms with Gasteiger partial charge >= 0.3 is 0 Å². The molecule has 8 nitrogen and oxygen atoms in total. The number of hydrogen-bond donors (Lipinski definition) is 0. The van der Waals surface area contributed by atoms with E-state index in [1.165, 1.54) is 0 Å². The van der Waals surface area contributed by atoms with E-state index in [0.717, 1.165) is 24.2 Å². The largest absolute Gasteiger partial charge is 0.378 e. The van der Waals surface area contributed by atoms with Gasteiger partial charge in [0.15, 0.2) is 0 Å². The second-order valence-corrected chi connectivity index (χ2v) is 6.86. The maximum Gasteiger partial charge on any atom is 0.0701 e. The summed E-state index contributed by atoms with van der Waals surface area (Å²) in [5, 5.41) is 0. The minimum atomic E-state index is 0.557. The van der Waals surface area contributed by atoms with Crippen LogP contribution in [0.2, 0.25) is 0 Å². The predicted octanol–water partition coefficient (Wildman–Crippen LogP) is 1.10.